The highest BCUT2D eigenvalue weighted by Gasteiger charge is 1.97. The Kier molecular flexibility index (Phi) is 4.90. The lowest BCUT2D eigenvalue weighted by molar-refractivity contribution is 0.183. The summed E-state index contributed by atoms with van der Waals surface area (Å²) in [7, 11) is 1.87. The zero-order chi connectivity index (χ0) is 11.1. The van der Waals surface area contributed by atoms with E-state index in [2.05, 4.69) is 15.6 Å². The molecule has 3 N–H and O–H groups in total. The van der Waals surface area contributed by atoms with Gasteiger partial charge in [0.1, 0.15) is 0 Å². The topological polar surface area (TPSA) is 57.2 Å². The second kappa shape index (κ2) is 6.24. The third kappa shape index (κ3) is 4.65. The molecular weight excluding hydrogens is 190 g/mol. The molecule has 1 heterocycles. The van der Waals surface area contributed by atoms with Gasteiger partial charge in [-0.05, 0) is 25.8 Å². The molecule has 0 bridgehead atoms. The number of nitrogens with zero attached hydrogens (tertiary/aromatic N) is 1. The van der Waals surface area contributed by atoms with Crippen molar-refractivity contribution < 1.29 is 5.11 Å². The van der Waals surface area contributed by atoms with E-state index in [0.29, 0.717) is 0 Å². The van der Waals surface area contributed by atoms with Crippen molar-refractivity contribution in [3.8, 4) is 0 Å². The van der Waals surface area contributed by atoms with E-state index in [-0.39, 0.29) is 6.10 Å². The minimum absolute atomic E-state index is 0.214. The molecule has 1 aromatic rings. The molecule has 0 amide bonds. The van der Waals surface area contributed by atoms with Gasteiger partial charge in [0.2, 0.25) is 0 Å². The molecule has 4 heteroatoms. The lowest BCUT2D eigenvalue weighted by Crippen LogP contribution is -2.06. The first-order valence-corrected chi connectivity index (χ1v) is 5.27. The molecule has 0 spiro atoms. The quantitative estimate of drug-likeness (QED) is 0.624. The van der Waals surface area contributed by atoms with Crippen LogP contribution >= 0.6 is 0 Å². The Morgan fingerprint density at radius 2 is 2.13 bits per heavy atom. The number of aromatic nitrogens is 1. The number of rotatable bonds is 6. The molecule has 0 aromatic carbocycles. The summed E-state index contributed by atoms with van der Waals surface area (Å²) in [6.45, 7) is 2.67. The van der Waals surface area contributed by atoms with Crippen LogP contribution in [0.25, 0.3) is 0 Å². The smallest absolute Gasteiger partial charge is 0.0547 e. The van der Waals surface area contributed by atoms with Gasteiger partial charge in [-0.2, -0.15) is 0 Å². The molecule has 0 aliphatic carbocycles. The Labute approximate surface area is 90.7 Å². The molecule has 0 fully saturated rings. The molecule has 0 aliphatic heterocycles. The molecule has 0 saturated heterocycles. The predicted octanol–water partition coefficient (Wildman–Crippen LogP) is 1.70. The Morgan fingerprint density at radius 1 is 1.40 bits per heavy atom. The van der Waals surface area contributed by atoms with Gasteiger partial charge in [-0.15, -0.1) is 0 Å². The number of nitrogens with one attached hydrogen (secondary N) is 2. The van der Waals surface area contributed by atoms with Gasteiger partial charge in [0.25, 0.3) is 0 Å². The van der Waals surface area contributed by atoms with Gasteiger partial charge < -0.3 is 15.7 Å². The summed E-state index contributed by atoms with van der Waals surface area (Å²) in [5.74, 6) is 0. The molecule has 0 aliphatic rings. The Balaban J connectivity index is 2.30. The van der Waals surface area contributed by atoms with E-state index >= 15 is 0 Å². The van der Waals surface area contributed by atoms with E-state index in [0.717, 1.165) is 30.8 Å². The van der Waals surface area contributed by atoms with Gasteiger partial charge in [0, 0.05) is 13.6 Å². The van der Waals surface area contributed by atoms with Crippen LogP contribution in [0.4, 0.5) is 11.4 Å². The average Bonchev–Trinajstić information content (AvgIpc) is 2.24. The van der Waals surface area contributed by atoms with E-state index in [1.54, 1.807) is 12.4 Å². The Hall–Kier alpha value is -1.29. The summed E-state index contributed by atoms with van der Waals surface area (Å²) in [6, 6.07) is 2.01. The second-order valence-electron chi connectivity index (χ2n) is 3.63. The van der Waals surface area contributed by atoms with Gasteiger partial charge in [-0.1, -0.05) is 0 Å². The van der Waals surface area contributed by atoms with Gasteiger partial charge >= 0.3 is 0 Å². The third-order valence-corrected chi connectivity index (χ3v) is 2.15. The molecule has 4 nitrogen and oxygen atoms in total. The fraction of sp³-hybridized carbons (Fsp3) is 0.545. The predicted molar refractivity (Wildman–Crippen MR) is 63.2 cm³/mol. The Morgan fingerprint density at radius 3 is 2.80 bits per heavy atom. The lowest BCUT2D eigenvalue weighted by Gasteiger charge is -2.08. The summed E-state index contributed by atoms with van der Waals surface area (Å²) in [6.07, 6.45) is 5.14. The normalized spacial score (nSPS) is 12.2. The summed E-state index contributed by atoms with van der Waals surface area (Å²) in [5, 5.41) is 15.4. The van der Waals surface area contributed by atoms with E-state index < -0.39 is 0 Å². The lowest BCUT2D eigenvalue weighted by atomic mass is 10.2. The SMILES string of the molecule is CNc1cncc(NCCCC(C)O)c1. The van der Waals surface area contributed by atoms with Gasteiger partial charge in [-0.3, -0.25) is 4.98 Å². The summed E-state index contributed by atoms with van der Waals surface area (Å²) >= 11 is 0. The highest BCUT2D eigenvalue weighted by atomic mass is 16.3. The van der Waals surface area contributed by atoms with Crippen LogP contribution in [0.3, 0.4) is 0 Å². The van der Waals surface area contributed by atoms with Crippen molar-refractivity contribution in [1.82, 2.24) is 4.98 Å². The molecule has 15 heavy (non-hydrogen) atoms. The summed E-state index contributed by atoms with van der Waals surface area (Å²) in [5.41, 5.74) is 2.00. The highest BCUT2D eigenvalue weighted by molar-refractivity contribution is 5.53. The van der Waals surface area contributed by atoms with Crippen LogP contribution in [0, 0.1) is 0 Å². The molecule has 84 valence electrons. The highest BCUT2D eigenvalue weighted by Crippen LogP contribution is 2.12. The van der Waals surface area contributed by atoms with Crippen LogP contribution in [0.2, 0.25) is 0 Å². The molecule has 1 unspecified atom stereocenters. The molecular formula is C11H19N3O. The van der Waals surface area contributed by atoms with Crippen molar-refractivity contribution in [3.63, 3.8) is 0 Å². The van der Waals surface area contributed by atoms with Crippen molar-refractivity contribution in [3.05, 3.63) is 18.5 Å². The maximum Gasteiger partial charge on any atom is 0.0547 e. The van der Waals surface area contributed by atoms with Crippen LogP contribution in [0.5, 0.6) is 0 Å². The summed E-state index contributed by atoms with van der Waals surface area (Å²) < 4.78 is 0. The monoisotopic (exact) mass is 209 g/mol. The van der Waals surface area contributed by atoms with Crippen molar-refractivity contribution in [1.29, 1.82) is 0 Å². The van der Waals surface area contributed by atoms with E-state index in [9.17, 15) is 0 Å². The molecule has 1 rings (SSSR count). The molecule has 1 atom stereocenters. The van der Waals surface area contributed by atoms with Crippen molar-refractivity contribution >= 4 is 11.4 Å². The number of hydrogen-bond donors (Lipinski definition) is 3. The maximum atomic E-state index is 9.08. The number of hydrogen-bond acceptors (Lipinski definition) is 4. The average molecular weight is 209 g/mol. The van der Waals surface area contributed by atoms with Gasteiger partial charge in [0.15, 0.2) is 0 Å². The third-order valence-electron chi connectivity index (χ3n) is 2.15. The van der Waals surface area contributed by atoms with Crippen molar-refractivity contribution in [2.75, 3.05) is 24.2 Å². The standard InChI is InChI=1S/C11H19N3O/c1-9(15)4-3-5-14-11-6-10(12-2)7-13-8-11/h6-9,12,14-15H,3-5H2,1-2H3. The summed E-state index contributed by atoms with van der Waals surface area (Å²) in [4.78, 5) is 4.09. The van der Waals surface area contributed by atoms with Crippen LogP contribution in [-0.2, 0) is 0 Å². The molecule has 0 saturated carbocycles. The first-order chi connectivity index (χ1) is 7.22. The minimum Gasteiger partial charge on any atom is -0.393 e. The number of aliphatic hydroxyl groups is 1. The second-order valence-corrected chi connectivity index (χ2v) is 3.63. The van der Waals surface area contributed by atoms with E-state index in [1.165, 1.54) is 0 Å². The number of anilines is 2. The maximum absolute atomic E-state index is 9.08. The fourth-order valence-corrected chi connectivity index (χ4v) is 1.30. The van der Waals surface area contributed by atoms with Gasteiger partial charge in [-0.25, -0.2) is 0 Å². The first kappa shape index (κ1) is 11.8. The largest absolute Gasteiger partial charge is 0.393 e. The number of aliphatic hydroxyl groups excluding tert-OH is 1. The van der Waals surface area contributed by atoms with Crippen molar-refractivity contribution in [2.45, 2.75) is 25.9 Å². The molecule has 1 aromatic heterocycles. The number of pyridine rings is 1. The van der Waals surface area contributed by atoms with Crippen molar-refractivity contribution in [2.24, 2.45) is 0 Å². The minimum atomic E-state index is -0.214. The van der Waals surface area contributed by atoms with E-state index in [1.807, 2.05) is 20.0 Å². The molecule has 0 radical (unpaired) electrons. The van der Waals surface area contributed by atoms with Crippen LogP contribution in [0.15, 0.2) is 18.5 Å². The van der Waals surface area contributed by atoms with Crippen LogP contribution in [-0.4, -0.2) is 29.8 Å². The van der Waals surface area contributed by atoms with Crippen LogP contribution in [0.1, 0.15) is 19.8 Å². The van der Waals surface area contributed by atoms with Crippen LogP contribution < -0.4 is 10.6 Å². The zero-order valence-electron chi connectivity index (χ0n) is 9.33. The van der Waals surface area contributed by atoms with E-state index in [4.69, 9.17) is 5.11 Å². The van der Waals surface area contributed by atoms with Gasteiger partial charge in [0.05, 0.1) is 29.9 Å². The first-order valence-electron chi connectivity index (χ1n) is 5.27. The zero-order valence-corrected chi connectivity index (χ0v) is 9.33. The Bertz CT molecular complexity index is 289. The fourth-order valence-electron chi connectivity index (χ4n) is 1.30.